The minimum Gasteiger partial charge on any atom is -0.505 e. The number of phenolic OH excluding ortho intramolecular Hbond substituents is 1. The predicted molar refractivity (Wildman–Crippen MR) is 84.6 cm³/mol. The molecule has 6 heteroatoms. The van der Waals surface area contributed by atoms with Crippen molar-refractivity contribution in [3.05, 3.63) is 56.5 Å². The summed E-state index contributed by atoms with van der Waals surface area (Å²) in [5.41, 5.74) is 1.33. The van der Waals surface area contributed by atoms with Gasteiger partial charge in [0.15, 0.2) is 5.75 Å². The van der Waals surface area contributed by atoms with Crippen LogP contribution in [0.25, 0.3) is 0 Å². The molecule has 0 fully saturated rings. The highest BCUT2D eigenvalue weighted by Crippen LogP contribution is 2.34. The summed E-state index contributed by atoms with van der Waals surface area (Å²) in [6, 6.07) is 10.4. The third-order valence-corrected chi connectivity index (χ3v) is 3.68. The fourth-order valence-electron chi connectivity index (χ4n) is 1.63. The van der Waals surface area contributed by atoms with Gasteiger partial charge >= 0.3 is 0 Å². The van der Waals surface area contributed by atoms with Gasteiger partial charge < -0.3 is 10.4 Å². The number of hydrogen-bond donors (Lipinski definition) is 2. The number of benzene rings is 2. The highest BCUT2D eigenvalue weighted by Gasteiger charge is 2.09. The zero-order valence-electron chi connectivity index (χ0n) is 10.2. The summed E-state index contributed by atoms with van der Waals surface area (Å²) in [4.78, 5) is 11.9. The van der Waals surface area contributed by atoms with Crippen molar-refractivity contribution in [2.45, 2.75) is 6.42 Å². The monoisotopic (exact) mass is 373 g/mol. The minimum absolute atomic E-state index is 0.0939. The van der Waals surface area contributed by atoms with Gasteiger partial charge in [-0.1, -0.05) is 51.3 Å². The van der Waals surface area contributed by atoms with Crippen LogP contribution in [0.15, 0.2) is 40.9 Å². The summed E-state index contributed by atoms with van der Waals surface area (Å²) >= 11 is 14.9. The van der Waals surface area contributed by atoms with Crippen LogP contribution in [0.3, 0.4) is 0 Å². The SMILES string of the molecule is O=C(Cc1ccc(Br)cc1)Nc1cc(Cl)c(O)c(Cl)c1. The topological polar surface area (TPSA) is 49.3 Å². The van der Waals surface area contributed by atoms with Crippen LogP contribution in [0.2, 0.25) is 10.0 Å². The highest BCUT2D eigenvalue weighted by molar-refractivity contribution is 9.10. The van der Waals surface area contributed by atoms with Gasteiger partial charge in [0.05, 0.1) is 16.5 Å². The average Bonchev–Trinajstić information content (AvgIpc) is 2.38. The highest BCUT2D eigenvalue weighted by atomic mass is 79.9. The van der Waals surface area contributed by atoms with E-state index in [1.54, 1.807) is 0 Å². The number of rotatable bonds is 3. The van der Waals surface area contributed by atoms with Gasteiger partial charge in [-0.15, -0.1) is 0 Å². The molecule has 104 valence electrons. The molecule has 0 aliphatic carbocycles. The molecule has 0 aromatic heterocycles. The second-order valence-corrected chi connectivity index (χ2v) is 5.87. The second kappa shape index (κ2) is 6.48. The van der Waals surface area contributed by atoms with E-state index < -0.39 is 0 Å². The fourth-order valence-corrected chi connectivity index (χ4v) is 2.38. The zero-order chi connectivity index (χ0) is 14.7. The normalized spacial score (nSPS) is 10.3. The molecule has 0 unspecified atom stereocenters. The summed E-state index contributed by atoms with van der Waals surface area (Å²) in [5.74, 6) is -0.385. The maximum Gasteiger partial charge on any atom is 0.228 e. The third kappa shape index (κ3) is 3.88. The Kier molecular flexibility index (Phi) is 4.91. The molecular formula is C14H10BrCl2NO2. The van der Waals surface area contributed by atoms with Crippen LogP contribution in [-0.4, -0.2) is 11.0 Å². The van der Waals surface area contributed by atoms with Crippen LogP contribution in [0.1, 0.15) is 5.56 Å². The zero-order valence-corrected chi connectivity index (χ0v) is 13.3. The van der Waals surface area contributed by atoms with Crippen molar-refractivity contribution < 1.29 is 9.90 Å². The molecule has 0 heterocycles. The first kappa shape index (κ1) is 15.2. The van der Waals surface area contributed by atoms with Crippen molar-refractivity contribution in [2.75, 3.05) is 5.32 Å². The summed E-state index contributed by atoms with van der Waals surface area (Å²) in [6.07, 6.45) is 0.239. The summed E-state index contributed by atoms with van der Waals surface area (Å²) in [7, 11) is 0. The molecule has 0 radical (unpaired) electrons. The van der Waals surface area contributed by atoms with Crippen molar-refractivity contribution in [2.24, 2.45) is 0 Å². The Morgan fingerprint density at radius 1 is 1.15 bits per heavy atom. The average molecular weight is 375 g/mol. The van der Waals surface area contributed by atoms with Crippen molar-refractivity contribution in [1.29, 1.82) is 0 Å². The van der Waals surface area contributed by atoms with E-state index in [-0.39, 0.29) is 28.1 Å². The fraction of sp³-hybridized carbons (Fsp3) is 0.0714. The molecule has 0 aliphatic rings. The summed E-state index contributed by atoms with van der Waals surface area (Å²) in [6.45, 7) is 0. The van der Waals surface area contributed by atoms with Crippen molar-refractivity contribution >= 4 is 50.7 Å². The molecule has 1 amide bonds. The number of carbonyl (C=O) groups is 1. The Labute approximate surface area is 134 Å². The Morgan fingerprint density at radius 2 is 1.70 bits per heavy atom. The number of carbonyl (C=O) groups excluding carboxylic acids is 1. The minimum atomic E-state index is -0.195. The smallest absolute Gasteiger partial charge is 0.228 e. The van der Waals surface area contributed by atoms with E-state index in [4.69, 9.17) is 23.2 Å². The number of aromatic hydroxyl groups is 1. The van der Waals surface area contributed by atoms with E-state index in [1.807, 2.05) is 24.3 Å². The van der Waals surface area contributed by atoms with Gasteiger partial charge in [0, 0.05) is 10.2 Å². The molecule has 0 aliphatic heterocycles. The standard InChI is InChI=1S/C14H10BrCl2NO2/c15-9-3-1-8(2-4-9)5-13(19)18-10-6-11(16)14(20)12(17)7-10/h1-4,6-7,20H,5H2,(H,18,19). The number of amides is 1. The van der Waals surface area contributed by atoms with Crippen LogP contribution in [0, 0.1) is 0 Å². The molecule has 0 atom stereocenters. The number of phenols is 1. The van der Waals surface area contributed by atoms with E-state index in [0.29, 0.717) is 5.69 Å². The van der Waals surface area contributed by atoms with Crippen molar-refractivity contribution in [1.82, 2.24) is 0 Å². The summed E-state index contributed by atoms with van der Waals surface area (Å²) in [5, 5.41) is 12.3. The lowest BCUT2D eigenvalue weighted by molar-refractivity contribution is -0.115. The first-order chi connectivity index (χ1) is 9.45. The van der Waals surface area contributed by atoms with Gasteiger partial charge in [0.25, 0.3) is 0 Å². The van der Waals surface area contributed by atoms with Gasteiger partial charge in [-0.05, 0) is 29.8 Å². The number of anilines is 1. The molecule has 0 spiro atoms. The number of nitrogens with one attached hydrogen (secondary N) is 1. The lowest BCUT2D eigenvalue weighted by Crippen LogP contribution is -2.14. The van der Waals surface area contributed by atoms with E-state index in [0.717, 1.165) is 10.0 Å². The molecule has 3 nitrogen and oxygen atoms in total. The largest absolute Gasteiger partial charge is 0.505 e. The Hall–Kier alpha value is -1.23. The second-order valence-electron chi connectivity index (χ2n) is 4.14. The van der Waals surface area contributed by atoms with Crippen molar-refractivity contribution in [3.63, 3.8) is 0 Å². The Balaban J connectivity index is 2.06. The van der Waals surface area contributed by atoms with E-state index in [9.17, 15) is 9.90 Å². The quantitative estimate of drug-likeness (QED) is 0.768. The van der Waals surface area contributed by atoms with Crippen LogP contribution < -0.4 is 5.32 Å². The lowest BCUT2D eigenvalue weighted by Gasteiger charge is -2.08. The van der Waals surface area contributed by atoms with E-state index in [2.05, 4.69) is 21.2 Å². The molecule has 2 N–H and O–H groups in total. The molecular weight excluding hydrogens is 365 g/mol. The number of hydrogen-bond acceptors (Lipinski definition) is 2. The molecule has 2 rings (SSSR count). The Bertz CT molecular complexity index is 621. The molecule has 2 aromatic carbocycles. The molecule has 0 saturated heterocycles. The molecule has 20 heavy (non-hydrogen) atoms. The Morgan fingerprint density at radius 3 is 2.25 bits per heavy atom. The third-order valence-electron chi connectivity index (χ3n) is 2.58. The maximum atomic E-state index is 11.9. The van der Waals surface area contributed by atoms with Gasteiger partial charge in [0.1, 0.15) is 0 Å². The van der Waals surface area contributed by atoms with Crippen LogP contribution >= 0.6 is 39.1 Å². The van der Waals surface area contributed by atoms with Gasteiger partial charge in [0.2, 0.25) is 5.91 Å². The number of halogens is 3. The van der Waals surface area contributed by atoms with E-state index >= 15 is 0 Å². The van der Waals surface area contributed by atoms with Crippen LogP contribution in [0.5, 0.6) is 5.75 Å². The molecule has 0 bridgehead atoms. The van der Waals surface area contributed by atoms with Gasteiger partial charge in [-0.2, -0.15) is 0 Å². The van der Waals surface area contributed by atoms with Crippen LogP contribution in [0.4, 0.5) is 5.69 Å². The summed E-state index contributed by atoms with van der Waals surface area (Å²) < 4.78 is 0.957. The molecule has 2 aromatic rings. The maximum absolute atomic E-state index is 11.9. The van der Waals surface area contributed by atoms with Gasteiger partial charge in [-0.25, -0.2) is 0 Å². The van der Waals surface area contributed by atoms with Gasteiger partial charge in [-0.3, -0.25) is 4.79 Å². The predicted octanol–water partition coefficient (Wildman–Crippen LogP) is 4.64. The lowest BCUT2D eigenvalue weighted by atomic mass is 10.1. The molecule has 0 saturated carbocycles. The van der Waals surface area contributed by atoms with Crippen molar-refractivity contribution in [3.8, 4) is 5.75 Å². The van der Waals surface area contributed by atoms with Crippen LogP contribution in [-0.2, 0) is 11.2 Å². The van der Waals surface area contributed by atoms with E-state index in [1.165, 1.54) is 12.1 Å². The first-order valence-corrected chi connectivity index (χ1v) is 7.23. The first-order valence-electron chi connectivity index (χ1n) is 5.68.